The fourth-order valence-electron chi connectivity index (χ4n) is 2.63. The van der Waals surface area contributed by atoms with Gasteiger partial charge in [0.25, 0.3) is 0 Å². The van der Waals surface area contributed by atoms with Crippen LogP contribution in [-0.2, 0) is 5.54 Å². The number of aromatic nitrogens is 2. The van der Waals surface area contributed by atoms with E-state index in [1.165, 1.54) is 11.4 Å². The first kappa shape index (κ1) is 12.4. The molecular weight excluding hydrogens is 212 g/mol. The van der Waals surface area contributed by atoms with Crippen LogP contribution in [0.4, 0.5) is 5.69 Å². The number of nitrogens with one attached hydrogen (secondary N) is 1. The quantitative estimate of drug-likeness (QED) is 0.805. The molecule has 0 amide bonds. The zero-order valence-corrected chi connectivity index (χ0v) is 11.7. The second-order valence-electron chi connectivity index (χ2n) is 5.84. The van der Waals surface area contributed by atoms with Gasteiger partial charge < -0.3 is 10.2 Å². The van der Waals surface area contributed by atoms with Crippen molar-refractivity contribution in [1.82, 2.24) is 15.1 Å². The second kappa shape index (κ2) is 4.33. The molecule has 1 saturated heterocycles. The maximum Gasteiger partial charge on any atom is 0.0830 e. The van der Waals surface area contributed by atoms with Crippen molar-refractivity contribution in [2.45, 2.75) is 40.2 Å². The summed E-state index contributed by atoms with van der Waals surface area (Å²) in [6.45, 7) is 15.2. The van der Waals surface area contributed by atoms with Crippen molar-refractivity contribution in [2.75, 3.05) is 31.1 Å². The van der Waals surface area contributed by atoms with Gasteiger partial charge in [0.05, 0.1) is 22.6 Å². The lowest BCUT2D eigenvalue weighted by Crippen LogP contribution is -2.44. The Labute approximate surface area is 104 Å². The van der Waals surface area contributed by atoms with Crippen LogP contribution in [0, 0.1) is 13.8 Å². The van der Waals surface area contributed by atoms with Crippen LogP contribution in [0.1, 0.15) is 32.2 Å². The third-order valence-electron chi connectivity index (χ3n) is 3.32. The summed E-state index contributed by atoms with van der Waals surface area (Å²) < 4.78 is 2.15. The van der Waals surface area contributed by atoms with E-state index >= 15 is 0 Å². The highest BCUT2D eigenvalue weighted by Crippen LogP contribution is 2.28. The highest BCUT2D eigenvalue weighted by molar-refractivity contribution is 5.55. The molecule has 0 aliphatic carbocycles. The van der Waals surface area contributed by atoms with Crippen LogP contribution in [0.2, 0.25) is 0 Å². The minimum Gasteiger partial charge on any atom is -0.366 e. The van der Waals surface area contributed by atoms with E-state index in [2.05, 4.69) is 49.5 Å². The van der Waals surface area contributed by atoms with Gasteiger partial charge in [-0.15, -0.1) is 0 Å². The zero-order chi connectivity index (χ0) is 12.6. The summed E-state index contributed by atoms with van der Waals surface area (Å²) in [6, 6.07) is 0. The molecule has 0 aromatic carbocycles. The number of hydrogen-bond donors (Lipinski definition) is 1. The standard InChI is InChI=1S/C13H24N4/c1-10-12(16-8-6-14-7-9-16)11(2)17(15-10)13(3,4)5/h14H,6-9H2,1-5H3. The maximum absolute atomic E-state index is 4.71. The van der Waals surface area contributed by atoms with Gasteiger partial charge >= 0.3 is 0 Å². The Hall–Kier alpha value is -1.03. The van der Waals surface area contributed by atoms with Crippen LogP contribution in [-0.4, -0.2) is 36.0 Å². The molecule has 1 aliphatic heterocycles. The first-order valence-electron chi connectivity index (χ1n) is 6.43. The van der Waals surface area contributed by atoms with E-state index in [1.54, 1.807) is 0 Å². The summed E-state index contributed by atoms with van der Waals surface area (Å²) in [5.41, 5.74) is 3.83. The third kappa shape index (κ3) is 2.32. The van der Waals surface area contributed by atoms with E-state index in [0.29, 0.717) is 0 Å². The smallest absolute Gasteiger partial charge is 0.0830 e. The number of hydrogen-bond acceptors (Lipinski definition) is 3. The molecule has 4 nitrogen and oxygen atoms in total. The van der Waals surface area contributed by atoms with Crippen molar-refractivity contribution in [1.29, 1.82) is 0 Å². The average molecular weight is 236 g/mol. The average Bonchev–Trinajstić information content (AvgIpc) is 2.55. The predicted octanol–water partition coefficient (Wildman–Crippen LogP) is 1.66. The third-order valence-corrected chi connectivity index (χ3v) is 3.32. The number of nitrogens with zero attached hydrogens (tertiary/aromatic N) is 3. The van der Waals surface area contributed by atoms with E-state index in [-0.39, 0.29) is 5.54 Å². The van der Waals surface area contributed by atoms with Gasteiger partial charge in [-0.05, 0) is 34.6 Å². The highest BCUT2D eigenvalue weighted by atomic mass is 15.4. The van der Waals surface area contributed by atoms with Gasteiger partial charge in [0.15, 0.2) is 0 Å². The van der Waals surface area contributed by atoms with Gasteiger partial charge in [-0.25, -0.2) is 0 Å². The number of rotatable bonds is 1. The Bertz CT molecular complexity index is 394. The molecule has 0 radical (unpaired) electrons. The van der Waals surface area contributed by atoms with Gasteiger partial charge in [-0.2, -0.15) is 5.10 Å². The molecule has 0 unspecified atom stereocenters. The molecule has 0 spiro atoms. The van der Waals surface area contributed by atoms with Gasteiger partial charge in [0, 0.05) is 26.2 Å². The summed E-state index contributed by atoms with van der Waals surface area (Å²) in [7, 11) is 0. The van der Waals surface area contributed by atoms with Crippen LogP contribution in [0.25, 0.3) is 0 Å². The molecule has 0 saturated carbocycles. The van der Waals surface area contributed by atoms with Gasteiger partial charge in [0.1, 0.15) is 0 Å². The number of aryl methyl sites for hydroxylation is 1. The molecule has 1 aromatic heterocycles. The molecule has 17 heavy (non-hydrogen) atoms. The fraction of sp³-hybridized carbons (Fsp3) is 0.769. The molecular formula is C13H24N4. The minimum atomic E-state index is 0.0567. The topological polar surface area (TPSA) is 33.1 Å². The van der Waals surface area contributed by atoms with Gasteiger partial charge in [0.2, 0.25) is 0 Å². The van der Waals surface area contributed by atoms with Crippen LogP contribution in [0.5, 0.6) is 0 Å². The SMILES string of the molecule is Cc1nn(C(C)(C)C)c(C)c1N1CCNCC1. The van der Waals surface area contributed by atoms with Crippen LogP contribution in [0.3, 0.4) is 0 Å². The van der Waals surface area contributed by atoms with Crippen molar-refractivity contribution < 1.29 is 0 Å². The molecule has 4 heteroatoms. The van der Waals surface area contributed by atoms with Crippen molar-refractivity contribution in [3.05, 3.63) is 11.4 Å². The molecule has 2 rings (SSSR count). The molecule has 1 aromatic rings. The number of anilines is 1. The Balaban J connectivity index is 2.37. The Morgan fingerprint density at radius 1 is 1.12 bits per heavy atom. The summed E-state index contributed by atoms with van der Waals surface area (Å²) in [6.07, 6.45) is 0. The van der Waals surface area contributed by atoms with Crippen molar-refractivity contribution in [3.63, 3.8) is 0 Å². The van der Waals surface area contributed by atoms with Crippen LogP contribution >= 0.6 is 0 Å². The largest absolute Gasteiger partial charge is 0.366 e. The second-order valence-corrected chi connectivity index (χ2v) is 5.84. The van der Waals surface area contributed by atoms with Crippen molar-refractivity contribution in [3.8, 4) is 0 Å². The first-order chi connectivity index (χ1) is 7.91. The van der Waals surface area contributed by atoms with E-state index in [1.807, 2.05) is 0 Å². The lowest BCUT2D eigenvalue weighted by Gasteiger charge is -2.30. The lowest BCUT2D eigenvalue weighted by atomic mass is 10.1. The number of piperazine rings is 1. The van der Waals surface area contributed by atoms with Crippen LogP contribution in [0.15, 0.2) is 0 Å². The van der Waals surface area contributed by atoms with Gasteiger partial charge in [-0.1, -0.05) is 0 Å². The molecule has 0 bridgehead atoms. The monoisotopic (exact) mass is 236 g/mol. The van der Waals surface area contributed by atoms with Gasteiger partial charge in [-0.3, -0.25) is 4.68 Å². The predicted molar refractivity (Wildman–Crippen MR) is 71.8 cm³/mol. The maximum atomic E-state index is 4.71. The molecule has 0 atom stereocenters. The molecule has 2 heterocycles. The molecule has 1 fully saturated rings. The molecule has 1 N–H and O–H groups in total. The lowest BCUT2D eigenvalue weighted by molar-refractivity contribution is 0.346. The molecule has 1 aliphatic rings. The summed E-state index contributed by atoms with van der Waals surface area (Å²) >= 11 is 0. The van der Waals surface area contributed by atoms with E-state index in [0.717, 1.165) is 31.9 Å². The fourth-order valence-corrected chi connectivity index (χ4v) is 2.63. The van der Waals surface area contributed by atoms with E-state index < -0.39 is 0 Å². The van der Waals surface area contributed by atoms with E-state index in [4.69, 9.17) is 5.10 Å². The first-order valence-corrected chi connectivity index (χ1v) is 6.43. The Kier molecular flexibility index (Phi) is 3.17. The minimum absolute atomic E-state index is 0.0567. The molecule has 96 valence electrons. The Morgan fingerprint density at radius 2 is 1.71 bits per heavy atom. The van der Waals surface area contributed by atoms with Crippen molar-refractivity contribution >= 4 is 5.69 Å². The normalized spacial score (nSPS) is 17.6. The van der Waals surface area contributed by atoms with E-state index in [9.17, 15) is 0 Å². The summed E-state index contributed by atoms with van der Waals surface area (Å²) in [5, 5.41) is 8.10. The zero-order valence-electron chi connectivity index (χ0n) is 11.7. The Morgan fingerprint density at radius 3 is 2.18 bits per heavy atom. The summed E-state index contributed by atoms with van der Waals surface area (Å²) in [5.74, 6) is 0. The van der Waals surface area contributed by atoms with Crippen molar-refractivity contribution in [2.24, 2.45) is 0 Å². The highest BCUT2D eigenvalue weighted by Gasteiger charge is 2.24. The van der Waals surface area contributed by atoms with Crippen LogP contribution < -0.4 is 10.2 Å². The summed E-state index contributed by atoms with van der Waals surface area (Å²) in [4.78, 5) is 2.45.